The van der Waals surface area contributed by atoms with Crippen molar-refractivity contribution in [2.24, 2.45) is 0 Å². The van der Waals surface area contributed by atoms with Crippen molar-refractivity contribution in [1.82, 2.24) is 10.3 Å². The van der Waals surface area contributed by atoms with Gasteiger partial charge in [0.25, 0.3) is 0 Å². The second-order valence-corrected chi connectivity index (χ2v) is 5.92. The quantitative estimate of drug-likeness (QED) is 0.890. The minimum Gasteiger partial charge on any atom is -0.478 e. The first kappa shape index (κ1) is 14.0. The smallest absolute Gasteiger partial charge is 0.336 e. The number of aromatic carboxylic acids is 1. The summed E-state index contributed by atoms with van der Waals surface area (Å²) in [4.78, 5) is 16.4. The van der Waals surface area contributed by atoms with E-state index in [1.165, 1.54) is 0 Å². The minimum atomic E-state index is -0.877. The largest absolute Gasteiger partial charge is 0.478 e. The Labute approximate surface area is 124 Å². The van der Waals surface area contributed by atoms with Gasteiger partial charge in [0.1, 0.15) is 0 Å². The lowest BCUT2D eigenvalue weighted by molar-refractivity contribution is 0.0699. The van der Waals surface area contributed by atoms with Gasteiger partial charge in [-0.05, 0) is 50.9 Å². The molecule has 2 aromatic rings. The summed E-state index contributed by atoms with van der Waals surface area (Å²) in [5.41, 5.74) is 4.20. The van der Waals surface area contributed by atoms with E-state index in [4.69, 9.17) is 4.98 Å². The molecule has 21 heavy (non-hydrogen) atoms. The molecule has 0 saturated carbocycles. The second-order valence-electron chi connectivity index (χ2n) is 5.92. The van der Waals surface area contributed by atoms with Crippen molar-refractivity contribution in [1.29, 1.82) is 0 Å². The summed E-state index contributed by atoms with van der Waals surface area (Å²) in [6.45, 7) is 5.89. The number of carboxylic acid groups (broad SMARTS) is 1. The molecular weight excluding hydrogens is 264 g/mol. The summed E-state index contributed by atoms with van der Waals surface area (Å²) in [5, 5.41) is 13.7. The van der Waals surface area contributed by atoms with E-state index < -0.39 is 5.97 Å². The molecule has 0 bridgehead atoms. The van der Waals surface area contributed by atoms with Crippen LogP contribution in [0.25, 0.3) is 10.9 Å². The van der Waals surface area contributed by atoms with Crippen LogP contribution in [0, 0.1) is 13.8 Å². The topological polar surface area (TPSA) is 62.2 Å². The molecule has 1 aliphatic rings. The number of benzene rings is 1. The number of hydrogen-bond donors (Lipinski definition) is 2. The molecule has 0 amide bonds. The van der Waals surface area contributed by atoms with Crippen molar-refractivity contribution in [3.8, 4) is 0 Å². The average Bonchev–Trinajstić information content (AvgIpc) is 2.47. The Morgan fingerprint density at radius 3 is 2.81 bits per heavy atom. The maximum absolute atomic E-state index is 11.6. The molecule has 1 fully saturated rings. The van der Waals surface area contributed by atoms with Crippen LogP contribution in [0.1, 0.15) is 45.9 Å². The highest BCUT2D eigenvalue weighted by atomic mass is 16.4. The molecule has 1 aromatic carbocycles. The fraction of sp³-hybridized carbons (Fsp3) is 0.412. The number of aromatic nitrogens is 1. The number of piperidine rings is 1. The highest BCUT2D eigenvalue weighted by Crippen LogP contribution is 2.28. The van der Waals surface area contributed by atoms with Gasteiger partial charge in [-0.3, -0.25) is 4.98 Å². The lowest BCUT2D eigenvalue weighted by Gasteiger charge is -2.23. The first-order valence-corrected chi connectivity index (χ1v) is 7.42. The Morgan fingerprint density at radius 2 is 2.14 bits per heavy atom. The number of hydrogen-bond acceptors (Lipinski definition) is 3. The average molecular weight is 284 g/mol. The third-order valence-corrected chi connectivity index (χ3v) is 4.21. The van der Waals surface area contributed by atoms with Gasteiger partial charge < -0.3 is 10.4 Å². The molecule has 0 radical (unpaired) electrons. The highest BCUT2D eigenvalue weighted by Gasteiger charge is 2.20. The third-order valence-electron chi connectivity index (χ3n) is 4.21. The standard InChI is InChI=1S/C17H20N2O2/c1-10-6-11(2)16-13(7-10)14(17(20)21)8-15(19-16)12-4-3-5-18-9-12/h6-8,12,18H,3-5,9H2,1-2H3,(H,20,21). The number of pyridine rings is 1. The van der Waals surface area contributed by atoms with Crippen LogP contribution in [-0.2, 0) is 0 Å². The maximum atomic E-state index is 11.6. The molecule has 1 aliphatic heterocycles. The third kappa shape index (κ3) is 2.63. The summed E-state index contributed by atoms with van der Waals surface area (Å²) < 4.78 is 0. The predicted octanol–water partition coefficient (Wildman–Crippen LogP) is 3.02. The molecule has 1 atom stereocenters. The fourth-order valence-electron chi connectivity index (χ4n) is 3.19. The van der Waals surface area contributed by atoms with E-state index in [0.717, 1.165) is 53.7 Å². The summed E-state index contributed by atoms with van der Waals surface area (Å²) in [6.07, 6.45) is 2.18. The second kappa shape index (κ2) is 5.45. The van der Waals surface area contributed by atoms with Crippen LogP contribution in [0.15, 0.2) is 18.2 Å². The van der Waals surface area contributed by atoms with Crippen LogP contribution in [-0.4, -0.2) is 29.1 Å². The van der Waals surface area contributed by atoms with Gasteiger partial charge in [-0.2, -0.15) is 0 Å². The fourth-order valence-corrected chi connectivity index (χ4v) is 3.19. The van der Waals surface area contributed by atoms with Gasteiger partial charge in [0.15, 0.2) is 0 Å². The van der Waals surface area contributed by atoms with Crippen molar-refractivity contribution < 1.29 is 9.90 Å². The van der Waals surface area contributed by atoms with Gasteiger partial charge in [0.2, 0.25) is 0 Å². The maximum Gasteiger partial charge on any atom is 0.336 e. The summed E-state index contributed by atoms with van der Waals surface area (Å²) in [6, 6.07) is 5.74. The molecule has 4 nitrogen and oxygen atoms in total. The number of nitrogens with zero attached hydrogens (tertiary/aromatic N) is 1. The Balaban J connectivity index is 2.21. The van der Waals surface area contributed by atoms with E-state index in [9.17, 15) is 9.90 Å². The molecule has 110 valence electrons. The molecule has 0 spiro atoms. The monoisotopic (exact) mass is 284 g/mol. The number of fused-ring (bicyclic) bond motifs is 1. The van der Waals surface area contributed by atoms with E-state index in [2.05, 4.69) is 11.4 Å². The normalized spacial score (nSPS) is 18.9. The number of carboxylic acids is 1. The molecule has 0 aliphatic carbocycles. The lowest BCUT2D eigenvalue weighted by Crippen LogP contribution is -2.29. The van der Waals surface area contributed by atoms with E-state index in [1.54, 1.807) is 6.07 Å². The predicted molar refractivity (Wildman–Crippen MR) is 83.0 cm³/mol. The van der Waals surface area contributed by atoms with E-state index in [0.29, 0.717) is 11.5 Å². The van der Waals surface area contributed by atoms with Gasteiger partial charge in [-0.25, -0.2) is 4.79 Å². The van der Waals surface area contributed by atoms with Gasteiger partial charge in [0.05, 0.1) is 11.1 Å². The van der Waals surface area contributed by atoms with Crippen LogP contribution in [0.4, 0.5) is 0 Å². The van der Waals surface area contributed by atoms with Gasteiger partial charge in [-0.1, -0.05) is 11.6 Å². The van der Waals surface area contributed by atoms with Crippen LogP contribution >= 0.6 is 0 Å². The molecule has 4 heteroatoms. The van der Waals surface area contributed by atoms with E-state index in [-0.39, 0.29) is 0 Å². The lowest BCUT2D eigenvalue weighted by atomic mass is 9.93. The zero-order valence-corrected chi connectivity index (χ0v) is 12.4. The number of carbonyl (C=O) groups is 1. The molecule has 1 saturated heterocycles. The first-order valence-electron chi connectivity index (χ1n) is 7.42. The van der Waals surface area contributed by atoms with Crippen molar-refractivity contribution in [3.63, 3.8) is 0 Å². The van der Waals surface area contributed by atoms with Crippen molar-refractivity contribution in [2.75, 3.05) is 13.1 Å². The molecule has 1 unspecified atom stereocenters. The first-order chi connectivity index (χ1) is 10.1. The number of nitrogens with one attached hydrogen (secondary N) is 1. The summed E-state index contributed by atoms with van der Waals surface area (Å²) in [7, 11) is 0. The van der Waals surface area contributed by atoms with E-state index >= 15 is 0 Å². The molecule has 2 N–H and O–H groups in total. The van der Waals surface area contributed by atoms with Gasteiger partial charge in [-0.15, -0.1) is 0 Å². The highest BCUT2D eigenvalue weighted by molar-refractivity contribution is 6.03. The Hall–Kier alpha value is -1.94. The van der Waals surface area contributed by atoms with Crippen LogP contribution in [0.2, 0.25) is 0 Å². The van der Waals surface area contributed by atoms with Crippen molar-refractivity contribution in [2.45, 2.75) is 32.6 Å². The van der Waals surface area contributed by atoms with Crippen molar-refractivity contribution in [3.05, 3.63) is 40.6 Å². The van der Waals surface area contributed by atoms with Crippen LogP contribution in [0.5, 0.6) is 0 Å². The molecule has 2 heterocycles. The zero-order chi connectivity index (χ0) is 15.0. The van der Waals surface area contributed by atoms with Crippen LogP contribution < -0.4 is 5.32 Å². The van der Waals surface area contributed by atoms with Crippen LogP contribution in [0.3, 0.4) is 0 Å². The van der Waals surface area contributed by atoms with E-state index in [1.807, 2.05) is 19.9 Å². The number of aryl methyl sites for hydroxylation is 2. The number of rotatable bonds is 2. The minimum absolute atomic E-state index is 0.307. The molecule has 1 aromatic heterocycles. The Kier molecular flexibility index (Phi) is 3.64. The summed E-state index contributed by atoms with van der Waals surface area (Å²) in [5.74, 6) is -0.570. The molecular formula is C17H20N2O2. The Bertz CT molecular complexity index is 703. The van der Waals surface area contributed by atoms with Crippen molar-refractivity contribution >= 4 is 16.9 Å². The summed E-state index contributed by atoms with van der Waals surface area (Å²) >= 11 is 0. The SMILES string of the molecule is Cc1cc(C)c2nc(C3CCCNC3)cc(C(=O)O)c2c1. The molecule has 3 rings (SSSR count). The Morgan fingerprint density at radius 1 is 1.33 bits per heavy atom. The van der Waals surface area contributed by atoms with Gasteiger partial charge in [0, 0.05) is 23.5 Å². The zero-order valence-electron chi connectivity index (χ0n) is 12.4. The van der Waals surface area contributed by atoms with Gasteiger partial charge >= 0.3 is 5.97 Å².